The minimum atomic E-state index is -1.01. The topological polar surface area (TPSA) is 114 Å². The number of benzene rings is 2. The molecule has 3 N–H and O–H groups in total. The number of aromatic amines is 2. The van der Waals surface area contributed by atoms with Crippen LogP contribution in [-0.2, 0) is 4.79 Å². The minimum Gasteiger partial charge on any atom is -0.350 e. The number of rotatable bonds is 6. The van der Waals surface area contributed by atoms with E-state index in [9.17, 15) is 23.2 Å². The summed E-state index contributed by atoms with van der Waals surface area (Å²) in [6, 6.07) is 9.84. The molecule has 2 saturated heterocycles. The Morgan fingerprint density at radius 1 is 1.00 bits per heavy atom. The van der Waals surface area contributed by atoms with E-state index in [4.69, 9.17) is 0 Å². The fourth-order valence-corrected chi connectivity index (χ4v) is 5.75. The molecule has 2 aromatic heterocycles. The van der Waals surface area contributed by atoms with Crippen LogP contribution in [-0.4, -0.2) is 73.7 Å². The lowest BCUT2D eigenvalue weighted by Gasteiger charge is -2.36. The van der Waals surface area contributed by atoms with Crippen molar-refractivity contribution in [3.8, 4) is 0 Å². The molecule has 11 heteroatoms. The second-order valence-electron chi connectivity index (χ2n) is 10.8. The van der Waals surface area contributed by atoms with Crippen LogP contribution < -0.4 is 5.32 Å². The Kier molecular flexibility index (Phi) is 6.08. The number of carbonyl (C=O) groups excluding carboxylic acids is 3. The highest BCUT2D eigenvalue weighted by molar-refractivity contribution is 6.00. The van der Waals surface area contributed by atoms with E-state index in [0.717, 1.165) is 23.2 Å². The number of amides is 3. The zero-order valence-electron chi connectivity index (χ0n) is 21.5. The lowest BCUT2D eigenvalue weighted by molar-refractivity contribution is -0.135. The number of piperazine rings is 1. The minimum absolute atomic E-state index is 0.113. The number of likely N-dealkylation sites (tertiary alicyclic amines) is 2. The van der Waals surface area contributed by atoms with E-state index in [2.05, 4.69) is 20.3 Å². The molecule has 3 atom stereocenters. The third-order valence-electron chi connectivity index (χ3n) is 7.59. The van der Waals surface area contributed by atoms with Crippen LogP contribution in [0.2, 0.25) is 0 Å². The molecule has 9 nitrogen and oxygen atoms in total. The van der Waals surface area contributed by atoms with Crippen molar-refractivity contribution in [3.63, 3.8) is 0 Å². The van der Waals surface area contributed by atoms with Crippen molar-refractivity contribution in [1.29, 1.82) is 0 Å². The van der Waals surface area contributed by atoms with Crippen LogP contribution in [0.25, 0.3) is 21.9 Å². The highest BCUT2D eigenvalue weighted by atomic mass is 19.2. The van der Waals surface area contributed by atoms with Crippen molar-refractivity contribution in [2.24, 2.45) is 5.92 Å². The molecular formula is C28H28F2N6O3. The lowest BCUT2D eigenvalue weighted by atomic mass is 10.0. The van der Waals surface area contributed by atoms with E-state index in [0.29, 0.717) is 31.3 Å². The summed E-state index contributed by atoms with van der Waals surface area (Å²) in [4.78, 5) is 53.7. The largest absolute Gasteiger partial charge is 0.350 e. The van der Waals surface area contributed by atoms with Gasteiger partial charge in [0.1, 0.15) is 11.7 Å². The molecule has 0 radical (unpaired) electrons. The van der Waals surface area contributed by atoms with E-state index in [1.54, 1.807) is 9.80 Å². The zero-order valence-corrected chi connectivity index (χ0v) is 21.5. The molecule has 39 heavy (non-hydrogen) atoms. The van der Waals surface area contributed by atoms with Gasteiger partial charge in [-0.3, -0.25) is 14.4 Å². The Hall–Kier alpha value is -4.28. The number of hydrogen-bond acceptors (Lipinski definition) is 4. The number of halogens is 2. The third-order valence-corrected chi connectivity index (χ3v) is 7.59. The third kappa shape index (κ3) is 4.51. The molecule has 3 amide bonds. The average molecular weight is 535 g/mol. The number of imidazole rings is 1. The molecule has 0 aliphatic carbocycles. The van der Waals surface area contributed by atoms with Gasteiger partial charge in [-0.05, 0) is 43.0 Å². The summed E-state index contributed by atoms with van der Waals surface area (Å²) in [5.74, 6) is -2.53. The van der Waals surface area contributed by atoms with Gasteiger partial charge < -0.3 is 25.1 Å². The monoisotopic (exact) mass is 534 g/mol. The van der Waals surface area contributed by atoms with Crippen LogP contribution in [0.3, 0.4) is 0 Å². The molecule has 4 aromatic rings. The van der Waals surface area contributed by atoms with Gasteiger partial charge in [0.05, 0.1) is 23.1 Å². The summed E-state index contributed by atoms with van der Waals surface area (Å²) < 4.78 is 27.2. The Balaban J connectivity index is 1.15. The Labute approximate surface area is 222 Å². The van der Waals surface area contributed by atoms with Gasteiger partial charge in [-0.15, -0.1) is 0 Å². The first-order chi connectivity index (χ1) is 18.7. The van der Waals surface area contributed by atoms with Crippen molar-refractivity contribution in [2.45, 2.75) is 44.8 Å². The molecule has 2 aliphatic heterocycles. The smallest absolute Gasteiger partial charge is 0.290 e. The SMILES string of the molecule is CC(C)C[C@H](NC(=O)c1cc2cc(F)c(F)cc2[nH]1)C(=O)N1C[C@@H]2C[C@H]1CN2C(=O)c1nc2ccccc2[nH]1. The van der Waals surface area contributed by atoms with Crippen LogP contribution in [0.15, 0.2) is 42.5 Å². The maximum Gasteiger partial charge on any atom is 0.290 e. The number of carbonyl (C=O) groups is 3. The number of hydrogen-bond donors (Lipinski definition) is 3. The van der Waals surface area contributed by atoms with Crippen LogP contribution in [0.1, 0.15) is 47.8 Å². The zero-order chi connectivity index (χ0) is 27.4. The van der Waals surface area contributed by atoms with Crippen LogP contribution in [0.5, 0.6) is 0 Å². The molecule has 0 saturated carbocycles. The van der Waals surface area contributed by atoms with Gasteiger partial charge in [-0.1, -0.05) is 26.0 Å². The number of H-pyrrole nitrogens is 2. The van der Waals surface area contributed by atoms with Gasteiger partial charge >= 0.3 is 0 Å². The molecular weight excluding hydrogens is 506 g/mol. The van der Waals surface area contributed by atoms with E-state index in [1.807, 2.05) is 38.1 Å². The number of fused-ring (bicyclic) bond motifs is 4. The van der Waals surface area contributed by atoms with Gasteiger partial charge in [0.2, 0.25) is 5.91 Å². The van der Waals surface area contributed by atoms with Crippen LogP contribution in [0, 0.1) is 17.6 Å². The van der Waals surface area contributed by atoms with Crippen molar-refractivity contribution < 1.29 is 23.2 Å². The maximum absolute atomic E-state index is 13.6. The Bertz CT molecular complexity index is 1540. The first-order valence-corrected chi connectivity index (χ1v) is 13.0. The predicted molar refractivity (Wildman–Crippen MR) is 140 cm³/mol. The fourth-order valence-electron chi connectivity index (χ4n) is 5.75. The number of nitrogens with one attached hydrogen (secondary N) is 3. The van der Waals surface area contributed by atoms with Gasteiger partial charge in [0.25, 0.3) is 11.8 Å². The van der Waals surface area contributed by atoms with Gasteiger partial charge in [-0.2, -0.15) is 0 Å². The highest BCUT2D eigenvalue weighted by Crippen LogP contribution is 2.33. The molecule has 202 valence electrons. The number of aromatic nitrogens is 3. The first-order valence-electron chi connectivity index (χ1n) is 13.0. The average Bonchev–Trinajstić information content (AvgIpc) is 3.69. The van der Waals surface area contributed by atoms with E-state index in [-0.39, 0.29) is 46.9 Å². The fraction of sp³-hybridized carbons (Fsp3) is 0.357. The molecule has 0 unspecified atom stereocenters. The summed E-state index contributed by atoms with van der Waals surface area (Å²) in [5.41, 5.74) is 1.91. The van der Waals surface area contributed by atoms with E-state index >= 15 is 0 Å². The van der Waals surface area contributed by atoms with Crippen molar-refractivity contribution in [1.82, 2.24) is 30.1 Å². The summed E-state index contributed by atoms with van der Waals surface area (Å²) in [6.07, 6.45) is 1.09. The molecule has 0 spiro atoms. The summed E-state index contributed by atoms with van der Waals surface area (Å²) in [6.45, 7) is 4.70. The Morgan fingerprint density at radius 2 is 1.72 bits per heavy atom. The second-order valence-corrected chi connectivity index (χ2v) is 10.8. The lowest BCUT2D eigenvalue weighted by Crippen LogP contribution is -2.56. The van der Waals surface area contributed by atoms with Gasteiger partial charge in [0.15, 0.2) is 17.5 Å². The van der Waals surface area contributed by atoms with Gasteiger partial charge in [-0.25, -0.2) is 13.8 Å². The highest BCUT2D eigenvalue weighted by Gasteiger charge is 2.49. The van der Waals surface area contributed by atoms with Crippen molar-refractivity contribution in [3.05, 3.63) is 65.6 Å². The maximum atomic E-state index is 13.6. The van der Waals surface area contributed by atoms with E-state index in [1.165, 1.54) is 6.07 Å². The summed E-state index contributed by atoms with van der Waals surface area (Å²) in [5, 5.41) is 3.18. The molecule has 2 aliphatic rings. The van der Waals surface area contributed by atoms with E-state index < -0.39 is 23.6 Å². The molecule has 2 fully saturated rings. The van der Waals surface area contributed by atoms with Gasteiger partial charge in [0, 0.05) is 30.1 Å². The second kappa shape index (κ2) is 9.48. The summed E-state index contributed by atoms with van der Waals surface area (Å²) >= 11 is 0. The van der Waals surface area contributed by atoms with Crippen LogP contribution >= 0.6 is 0 Å². The summed E-state index contributed by atoms with van der Waals surface area (Å²) in [7, 11) is 0. The quantitative estimate of drug-likeness (QED) is 0.351. The standard InChI is InChI=1S/C28H28F2N6O3/c1-14(2)7-24(34-26(37)23-9-15-8-18(29)19(30)11-22(15)31-23)27(38)35-12-17-10-16(35)13-36(17)28(39)25-32-20-5-3-4-6-21(20)33-25/h3-6,8-9,11,14,16-17,24,31H,7,10,12-13H2,1-2H3,(H,32,33)(H,34,37)/t16-,17-,24-/m0/s1. The van der Waals surface area contributed by atoms with Crippen molar-refractivity contribution >= 4 is 39.7 Å². The molecule has 2 aromatic carbocycles. The predicted octanol–water partition coefficient (Wildman–Crippen LogP) is 3.59. The Morgan fingerprint density at radius 3 is 2.44 bits per heavy atom. The number of nitrogens with zero attached hydrogens (tertiary/aromatic N) is 3. The van der Waals surface area contributed by atoms with Crippen LogP contribution in [0.4, 0.5) is 8.78 Å². The van der Waals surface area contributed by atoms with Crippen molar-refractivity contribution in [2.75, 3.05) is 13.1 Å². The molecule has 2 bridgehead atoms. The normalized spacial score (nSPS) is 19.4. The molecule has 4 heterocycles. The first kappa shape index (κ1) is 25.0. The molecule has 6 rings (SSSR count). The number of para-hydroxylation sites is 2.